The first-order valence-electron chi connectivity index (χ1n) is 3.78. The summed E-state index contributed by atoms with van der Waals surface area (Å²) < 4.78 is 0.872. The molecule has 0 amide bonds. The van der Waals surface area contributed by atoms with Crippen LogP contribution in [0.1, 0.15) is 23.9 Å². The highest BCUT2D eigenvalue weighted by Crippen LogP contribution is 2.27. The van der Waals surface area contributed by atoms with Gasteiger partial charge in [-0.05, 0) is 25.6 Å². The van der Waals surface area contributed by atoms with Gasteiger partial charge >= 0.3 is 0 Å². The largest absolute Gasteiger partial charge is 0.287 e. The molecule has 0 saturated heterocycles. The Balaban J connectivity index is 2.70. The predicted molar refractivity (Wildman–Crippen MR) is 52.7 cm³/mol. The van der Waals surface area contributed by atoms with Gasteiger partial charge in [0.1, 0.15) is 0 Å². The number of hydrogen-bond acceptors (Lipinski definition) is 4. The predicted octanol–water partition coefficient (Wildman–Crippen LogP) is 2.79. The van der Waals surface area contributed by atoms with Gasteiger partial charge in [0.15, 0.2) is 9.45 Å². The van der Waals surface area contributed by atoms with E-state index in [0.29, 0.717) is 6.42 Å². The minimum atomic E-state index is 0.184. The van der Waals surface area contributed by atoms with Crippen molar-refractivity contribution in [1.82, 2.24) is 4.98 Å². The van der Waals surface area contributed by atoms with Crippen LogP contribution in [-0.2, 0) is 4.79 Å². The number of thiazole rings is 1. The van der Waals surface area contributed by atoms with E-state index in [1.807, 2.05) is 20.8 Å². The second-order valence-electron chi connectivity index (χ2n) is 2.45. The van der Waals surface area contributed by atoms with E-state index >= 15 is 0 Å². The molecular weight excluding hydrogens is 190 g/mol. The van der Waals surface area contributed by atoms with Gasteiger partial charge in [-0.1, -0.05) is 6.92 Å². The van der Waals surface area contributed by atoms with Crippen LogP contribution in [0.4, 0.5) is 0 Å². The summed E-state index contributed by atoms with van der Waals surface area (Å²) in [6.07, 6.45) is 0.572. The first-order valence-corrected chi connectivity index (χ1v) is 5.41. The molecule has 0 unspecified atom stereocenters. The first kappa shape index (κ1) is 9.74. The summed E-state index contributed by atoms with van der Waals surface area (Å²) in [5.74, 6) is 0. The van der Waals surface area contributed by atoms with E-state index < -0.39 is 0 Å². The van der Waals surface area contributed by atoms with Crippen molar-refractivity contribution in [3.05, 3.63) is 10.6 Å². The average molecular weight is 201 g/mol. The molecule has 1 aromatic heterocycles. The summed E-state index contributed by atoms with van der Waals surface area (Å²) in [5.41, 5.74) is 1.03. The molecule has 0 saturated carbocycles. The molecule has 0 aromatic carbocycles. The fraction of sp³-hybridized carbons (Fsp3) is 0.500. The molecule has 4 heteroatoms. The van der Waals surface area contributed by atoms with Crippen LogP contribution in [0, 0.1) is 13.8 Å². The Morgan fingerprint density at radius 1 is 1.58 bits per heavy atom. The Kier molecular flexibility index (Phi) is 3.29. The lowest BCUT2D eigenvalue weighted by molar-refractivity contribution is -0.110. The maximum atomic E-state index is 11.0. The van der Waals surface area contributed by atoms with Gasteiger partial charge in [-0.25, -0.2) is 4.98 Å². The molecule has 0 aliphatic heterocycles. The minimum Gasteiger partial charge on any atom is -0.287 e. The number of rotatable bonds is 2. The maximum absolute atomic E-state index is 11.0. The Labute approximate surface area is 80.4 Å². The standard InChI is InChI=1S/C8H11NOS2/c1-4-7(10)12-8-9-5(2)6(3)11-8/h4H2,1-3H3. The van der Waals surface area contributed by atoms with E-state index in [-0.39, 0.29) is 5.12 Å². The molecule has 0 bridgehead atoms. The van der Waals surface area contributed by atoms with Gasteiger partial charge in [-0.15, -0.1) is 11.3 Å². The van der Waals surface area contributed by atoms with Gasteiger partial charge in [-0.3, -0.25) is 4.79 Å². The lowest BCUT2D eigenvalue weighted by atomic mass is 10.4. The molecule has 1 rings (SSSR count). The monoisotopic (exact) mass is 201 g/mol. The van der Waals surface area contributed by atoms with Crippen LogP contribution >= 0.6 is 23.1 Å². The van der Waals surface area contributed by atoms with Crippen LogP contribution in [0.3, 0.4) is 0 Å². The molecule has 0 aliphatic rings. The van der Waals surface area contributed by atoms with E-state index in [9.17, 15) is 4.79 Å². The summed E-state index contributed by atoms with van der Waals surface area (Å²) in [7, 11) is 0. The lowest BCUT2D eigenvalue weighted by Gasteiger charge is -1.89. The highest BCUT2D eigenvalue weighted by molar-refractivity contribution is 8.14. The van der Waals surface area contributed by atoms with Gasteiger partial charge in [0.2, 0.25) is 0 Å². The fourth-order valence-corrected chi connectivity index (χ4v) is 2.64. The normalized spacial score (nSPS) is 10.2. The number of hydrogen-bond donors (Lipinski definition) is 0. The highest BCUT2D eigenvalue weighted by atomic mass is 32.2. The smallest absolute Gasteiger partial charge is 0.195 e. The Bertz CT molecular complexity index is 274. The second-order valence-corrected chi connectivity index (χ2v) is 4.96. The number of carbonyl (C=O) groups excluding carboxylic acids is 1. The van der Waals surface area contributed by atoms with Crippen LogP contribution in [0.2, 0.25) is 0 Å². The van der Waals surface area contributed by atoms with E-state index in [1.54, 1.807) is 11.3 Å². The zero-order valence-corrected chi connectivity index (χ0v) is 9.01. The summed E-state index contributed by atoms with van der Waals surface area (Å²) in [6.45, 7) is 5.85. The van der Waals surface area contributed by atoms with Crippen LogP contribution < -0.4 is 0 Å². The molecule has 66 valence electrons. The Morgan fingerprint density at radius 3 is 2.67 bits per heavy atom. The Hall–Kier alpha value is -0.350. The highest BCUT2D eigenvalue weighted by Gasteiger charge is 2.07. The van der Waals surface area contributed by atoms with Crippen molar-refractivity contribution in [2.24, 2.45) is 0 Å². The average Bonchev–Trinajstić information content (AvgIpc) is 2.31. The van der Waals surface area contributed by atoms with E-state index in [4.69, 9.17) is 0 Å². The molecule has 0 atom stereocenters. The van der Waals surface area contributed by atoms with Gasteiger partial charge < -0.3 is 0 Å². The van der Waals surface area contributed by atoms with E-state index in [1.165, 1.54) is 16.6 Å². The van der Waals surface area contributed by atoms with Crippen LogP contribution in [0.5, 0.6) is 0 Å². The maximum Gasteiger partial charge on any atom is 0.195 e. The minimum absolute atomic E-state index is 0.184. The first-order chi connectivity index (χ1) is 5.63. The van der Waals surface area contributed by atoms with E-state index in [0.717, 1.165) is 10.0 Å². The van der Waals surface area contributed by atoms with Gasteiger partial charge in [-0.2, -0.15) is 0 Å². The van der Waals surface area contributed by atoms with Crippen molar-refractivity contribution in [2.45, 2.75) is 31.5 Å². The quantitative estimate of drug-likeness (QED) is 0.689. The molecule has 0 aliphatic carbocycles. The number of nitrogens with zero attached hydrogens (tertiary/aromatic N) is 1. The summed E-state index contributed by atoms with van der Waals surface area (Å²) in [4.78, 5) is 16.5. The number of aryl methyl sites for hydroxylation is 2. The van der Waals surface area contributed by atoms with Crippen LogP contribution in [-0.4, -0.2) is 10.1 Å². The number of carbonyl (C=O) groups is 1. The summed E-state index contributed by atoms with van der Waals surface area (Å²) in [6, 6.07) is 0. The zero-order chi connectivity index (χ0) is 9.14. The third-order valence-electron chi connectivity index (χ3n) is 1.50. The van der Waals surface area contributed by atoms with Crippen molar-refractivity contribution in [3.63, 3.8) is 0 Å². The molecule has 1 aromatic rings. The van der Waals surface area contributed by atoms with Crippen molar-refractivity contribution in [2.75, 3.05) is 0 Å². The molecule has 0 N–H and O–H groups in total. The van der Waals surface area contributed by atoms with Gasteiger partial charge in [0.05, 0.1) is 5.69 Å². The lowest BCUT2D eigenvalue weighted by Crippen LogP contribution is -1.85. The molecule has 2 nitrogen and oxygen atoms in total. The number of thioether (sulfide) groups is 1. The Morgan fingerprint density at radius 2 is 2.25 bits per heavy atom. The van der Waals surface area contributed by atoms with Gasteiger partial charge in [0, 0.05) is 11.3 Å². The van der Waals surface area contributed by atoms with Gasteiger partial charge in [0.25, 0.3) is 0 Å². The second kappa shape index (κ2) is 4.05. The van der Waals surface area contributed by atoms with Crippen molar-refractivity contribution >= 4 is 28.2 Å². The van der Waals surface area contributed by atoms with Crippen molar-refractivity contribution in [1.29, 1.82) is 0 Å². The topological polar surface area (TPSA) is 30.0 Å². The van der Waals surface area contributed by atoms with Crippen LogP contribution in [0.15, 0.2) is 4.34 Å². The van der Waals surface area contributed by atoms with Crippen molar-refractivity contribution in [3.8, 4) is 0 Å². The third kappa shape index (κ3) is 2.32. The molecule has 12 heavy (non-hydrogen) atoms. The fourth-order valence-electron chi connectivity index (χ4n) is 0.656. The molecule has 1 heterocycles. The molecule has 0 fully saturated rings. The van der Waals surface area contributed by atoms with Crippen LogP contribution in [0.25, 0.3) is 0 Å². The summed E-state index contributed by atoms with van der Waals surface area (Å²) >= 11 is 2.84. The third-order valence-corrected chi connectivity index (χ3v) is 3.65. The van der Waals surface area contributed by atoms with Crippen molar-refractivity contribution < 1.29 is 4.79 Å². The molecule has 0 spiro atoms. The van der Waals surface area contributed by atoms with E-state index in [2.05, 4.69) is 4.98 Å². The SMILES string of the molecule is CCC(=O)Sc1nc(C)c(C)s1. The molecule has 0 radical (unpaired) electrons. The summed E-state index contributed by atoms with van der Waals surface area (Å²) in [5, 5.41) is 0.184. The zero-order valence-electron chi connectivity index (χ0n) is 7.38. The molecular formula is C8H11NOS2. The number of aromatic nitrogens is 1.